The second kappa shape index (κ2) is 9.77. The van der Waals surface area contributed by atoms with Crippen LogP contribution in [0, 0.1) is 0 Å². The molecule has 152 valence electrons. The second-order valence-electron chi connectivity index (χ2n) is 6.35. The quantitative estimate of drug-likeness (QED) is 0.601. The SMILES string of the molecule is CCNC(=NCc1ccnc(OCC)c1)N1CCN(C(C)C(F)(F)F)CC1. The van der Waals surface area contributed by atoms with E-state index in [4.69, 9.17) is 4.74 Å². The highest BCUT2D eigenvalue weighted by atomic mass is 19.4. The lowest BCUT2D eigenvalue weighted by molar-refractivity contribution is -0.181. The molecule has 6 nitrogen and oxygen atoms in total. The maximum atomic E-state index is 12.9. The van der Waals surface area contributed by atoms with Gasteiger partial charge in [0.05, 0.1) is 13.2 Å². The standard InChI is InChI=1S/C18H28F3N5O/c1-4-22-17(24-13-15-6-7-23-16(12-15)27-5-2)26-10-8-25(9-11-26)14(3)18(19,20)21/h6-7,12,14H,4-5,8-11,13H2,1-3H3,(H,22,24). The highest BCUT2D eigenvalue weighted by Gasteiger charge is 2.41. The summed E-state index contributed by atoms with van der Waals surface area (Å²) >= 11 is 0. The van der Waals surface area contributed by atoms with Gasteiger partial charge in [0.2, 0.25) is 5.88 Å². The van der Waals surface area contributed by atoms with Gasteiger partial charge in [0.25, 0.3) is 0 Å². The van der Waals surface area contributed by atoms with E-state index in [9.17, 15) is 13.2 Å². The summed E-state index contributed by atoms with van der Waals surface area (Å²) in [5.41, 5.74) is 0.966. The molecule has 1 atom stereocenters. The van der Waals surface area contributed by atoms with Crippen molar-refractivity contribution in [3.63, 3.8) is 0 Å². The Morgan fingerprint density at radius 1 is 1.30 bits per heavy atom. The minimum Gasteiger partial charge on any atom is -0.478 e. The fourth-order valence-corrected chi connectivity index (χ4v) is 2.90. The number of rotatable bonds is 6. The summed E-state index contributed by atoms with van der Waals surface area (Å²) in [6.45, 7) is 8.50. The Bertz CT molecular complexity index is 615. The smallest absolute Gasteiger partial charge is 0.403 e. The van der Waals surface area contributed by atoms with Gasteiger partial charge < -0.3 is 15.0 Å². The van der Waals surface area contributed by atoms with Crippen LogP contribution in [0.5, 0.6) is 5.88 Å². The van der Waals surface area contributed by atoms with Crippen molar-refractivity contribution in [2.24, 2.45) is 4.99 Å². The van der Waals surface area contributed by atoms with Gasteiger partial charge in [0.15, 0.2) is 5.96 Å². The van der Waals surface area contributed by atoms with Gasteiger partial charge in [0.1, 0.15) is 6.04 Å². The summed E-state index contributed by atoms with van der Waals surface area (Å²) in [7, 11) is 0. The molecule has 0 bridgehead atoms. The summed E-state index contributed by atoms with van der Waals surface area (Å²) in [5, 5.41) is 3.22. The number of pyridine rings is 1. The summed E-state index contributed by atoms with van der Waals surface area (Å²) in [5.74, 6) is 1.27. The van der Waals surface area contributed by atoms with Crippen LogP contribution in [0.15, 0.2) is 23.3 Å². The summed E-state index contributed by atoms with van der Waals surface area (Å²) < 4.78 is 44.1. The lowest BCUT2D eigenvalue weighted by Crippen LogP contribution is -2.56. The first-order valence-electron chi connectivity index (χ1n) is 9.26. The average Bonchev–Trinajstić information content (AvgIpc) is 2.64. The molecular weight excluding hydrogens is 359 g/mol. The first-order chi connectivity index (χ1) is 12.8. The third-order valence-electron chi connectivity index (χ3n) is 4.47. The van der Waals surface area contributed by atoms with Gasteiger partial charge >= 0.3 is 6.18 Å². The van der Waals surface area contributed by atoms with E-state index in [2.05, 4.69) is 15.3 Å². The summed E-state index contributed by atoms with van der Waals surface area (Å²) in [6.07, 6.45) is -2.51. The average molecular weight is 387 g/mol. The van der Waals surface area contributed by atoms with E-state index in [0.29, 0.717) is 57.7 Å². The number of halogens is 3. The van der Waals surface area contributed by atoms with E-state index >= 15 is 0 Å². The highest BCUT2D eigenvalue weighted by molar-refractivity contribution is 5.80. The number of ether oxygens (including phenoxy) is 1. The van der Waals surface area contributed by atoms with Crippen LogP contribution in [0.3, 0.4) is 0 Å². The Morgan fingerprint density at radius 3 is 2.59 bits per heavy atom. The van der Waals surface area contributed by atoms with Gasteiger partial charge in [-0.2, -0.15) is 13.2 Å². The molecule has 0 aliphatic carbocycles. The molecule has 1 N–H and O–H groups in total. The number of piperazine rings is 1. The fourth-order valence-electron chi connectivity index (χ4n) is 2.90. The molecule has 0 aromatic carbocycles. The largest absolute Gasteiger partial charge is 0.478 e. The van der Waals surface area contributed by atoms with Crippen molar-refractivity contribution in [2.75, 3.05) is 39.3 Å². The Morgan fingerprint density at radius 2 is 2.00 bits per heavy atom. The molecule has 1 saturated heterocycles. The van der Waals surface area contributed by atoms with Crippen LogP contribution in [0.1, 0.15) is 26.3 Å². The lowest BCUT2D eigenvalue weighted by Gasteiger charge is -2.39. The molecule has 0 saturated carbocycles. The van der Waals surface area contributed by atoms with Crippen LogP contribution in [0.4, 0.5) is 13.2 Å². The molecule has 1 aromatic heterocycles. The summed E-state index contributed by atoms with van der Waals surface area (Å²) in [4.78, 5) is 12.2. The van der Waals surface area contributed by atoms with Crippen molar-refractivity contribution in [2.45, 2.75) is 39.5 Å². The van der Waals surface area contributed by atoms with E-state index in [1.165, 1.54) is 11.8 Å². The molecule has 1 aromatic rings. The van der Waals surface area contributed by atoms with Gasteiger partial charge in [-0.25, -0.2) is 9.98 Å². The molecule has 1 unspecified atom stereocenters. The van der Waals surface area contributed by atoms with Crippen molar-refractivity contribution in [3.05, 3.63) is 23.9 Å². The van der Waals surface area contributed by atoms with E-state index in [1.54, 1.807) is 6.20 Å². The molecule has 2 heterocycles. The molecular formula is C18H28F3N5O. The number of aromatic nitrogens is 1. The Hall–Kier alpha value is -2.03. The van der Waals surface area contributed by atoms with Crippen LogP contribution in [-0.4, -0.2) is 72.3 Å². The van der Waals surface area contributed by atoms with Gasteiger partial charge in [-0.3, -0.25) is 4.90 Å². The zero-order valence-corrected chi connectivity index (χ0v) is 16.1. The molecule has 0 spiro atoms. The molecule has 0 radical (unpaired) electrons. The number of nitrogens with zero attached hydrogens (tertiary/aromatic N) is 4. The molecule has 1 fully saturated rings. The monoisotopic (exact) mass is 387 g/mol. The second-order valence-corrected chi connectivity index (χ2v) is 6.35. The first-order valence-corrected chi connectivity index (χ1v) is 9.26. The van der Waals surface area contributed by atoms with Crippen LogP contribution < -0.4 is 10.1 Å². The number of aliphatic imine (C=N–C) groups is 1. The minimum absolute atomic E-state index is 0.356. The van der Waals surface area contributed by atoms with Crippen molar-refractivity contribution < 1.29 is 17.9 Å². The number of nitrogens with one attached hydrogen (secondary N) is 1. The maximum Gasteiger partial charge on any atom is 0.403 e. The zero-order valence-electron chi connectivity index (χ0n) is 16.1. The van der Waals surface area contributed by atoms with Crippen LogP contribution in [-0.2, 0) is 6.54 Å². The van der Waals surface area contributed by atoms with Gasteiger partial charge in [-0.15, -0.1) is 0 Å². The van der Waals surface area contributed by atoms with Gasteiger partial charge in [0, 0.05) is 45.0 Å². The first kappa shape index (κ1) is 21.3. The topological polar surface area (TPSA) is 53.0 Å². The third kappa shape index (κ3) is 6.27. The number of guanidine groups is 1. The normalized spacial score (nSPS) is 17.7. The predicted octanol–water partition coefficient (Wildman–Crippen LogP) is 2.51. The Kier molecular flexibility index (Phi) is 7.70. The number of hydrogen-bond donors (Lipinski definition) is 1. The highest BCUT2D eigenvalue weighted by Crippen LogP contribution is 2.25. The minimum atomic E-state index is -4.19. The Balaban J connectivity index is 1.99. The van der Waals surface area contributed by atoms with Gasteiger partial charge in [-0.1, -0.05) is 0 Å². The zero-order chi connectivity index (χ0) is 19.9. The van der Waals surface area contributed by atoms with Crippen LogP contribution in [0.25, 0.3) is 0 Å². The van der Waals surface area contributed by atoms with Crippen molar-refractivity contribution in [1.82, 2.24) is 20.1 Å². The van der Waals surface area contributed by atoms with E-state index < -0.39 is 12.2 Å². The van der Waals surface area contributed by atoms with Crippen molar-refractivity contribution in [1.29, 1.82) is 0 Å². The molecule has 9 heteroatoms. The molecule has 0 amide bonds. The third-order valence-corrected chi connectivity index (χ3v) is 4.47. The molecule has 1 aliphatic heterocycles. The fraction of sp³-hybridized carbons (Fsp3) is 0.667. The van der Waals surface area contributed by atoms with Crippen molar-refractivity contribution >= 4 is 5.96 Å². The number of alkyl halides is 3. The van der Waals surface area contributed by atoms with Crippen LogP contribution >= 0.6 is 0 Å². The van der Waals surface area contributed by atoms with Crippen LogP contribution in [0.2, 0.25) is 0 Å². The van der Waals surface area contributed by atoms with Crippen molar-refractivity contribution in [3.8, 4) is 5.88 Å². The van der Waals surface area contributed by atoms with E-state index in [1.807, 2.05) is 30.9 Å². The van der Waals surface area contributed by atoms with E-state index in [0.717, 1.165) is 5.56 Å². The summed E-state index contributed by atoms with van der Waals surface area (Å²) in [6, 6.07) is 2.30. The number of hydrogen-bond acceptors (Lipinski definition) is 4. The predicted molar refractivity (Wildman–Crippen MR) is 98.9 cm³/mol. The lowest BCUT2D eigenvalue weighted by atomic mass is 10.2. The van der Waals surface area contributed by atoms with Gasteiger partial charge in [-0.05, 0) is 32.4 Å². The molecule has 27 heavy (non-hydrogen) atoms. The maximum absolute atomic E-state index is 12.9. The molecule has 1 aliphatic rings. The van der Waals surface area contributed by atoms with E-state index in [-0.39, 0.29) is 0 Å². The Labute approximate surface area is 158 Å². The molecule has 2 rings (SSSR count).